The molecule has 0 N–H and O–H groups in total. The number of aryl methyl sites for hydroxylation is 1. The minimum absolute atomic E-state index is 0.186. The fourth-order valence-corrected chi connectivity index (χ4v) is 3.75. The van der Waals surface area contributed by atoms with Gasteiger partial charge in [-0.25, -0.2) is 12.7 Å². The van der Waals surface area contributed by atoms with Gasteiger partial charge in [-0.15, -0.1) is 0 Å². The van der Waals surface area contributed by atoms with Gasteiger partial charge >= 0.3 is 0 Å². The second kappa shape index (κ2) is 4.97. The zero-order valence-electron chi connectivity index (χ0n) is 10.7. The number of anilines is 1. The van der Waals surface area contributed by atoms with Crippen molar-refractivity contribution in [2.45, 2.75) is 18.7 Å². The zero-order valence-corrected chi connectivity index (χ0v) is 13.1. The van der Waals surface area contributed by atoms with Crippen LogP contribution in [-0.4, -0.2) is 20.6 Å². The van der Waals surface area contributed by atoms with Gasteiger partial charge in [-0.3, -0.25) is 0 Å². The number of halogens is 1. The molecule has 0 saturated heterocycles. The van der Waals surface area contributed by atoms with Gasteiger partial charge in [0, 0.05) is 17.1 Å². The predicted octanol–water partition coefficient (Wildman–Crippen LogP) is 2.88. The Morgan fingerprint density at radius 2 is 1.89 bits per heavy atom. The summed E-state index contributed by atoms with van der Waals surface area (Å²) < 4.78 is 31.7. The van der Waals surface area contributed by atoms with Crippen LogP contribution in [0.1, 0.15) is 11.3 Å². The van der Waals surface area contributed by atoms with Crippen molar-refractivity contribution < 1.29 is 12.9 Å². The molecule has 0 bridgehead atoms. The summed E-state index contributed by atoms with van der Waals surface area (Å²) in [5.74, 6) is 0.230. The SMILES string of the molecule is Cc1noc(N(C)S(=O)(=O)c2ccccc2Br)c1C. The van der Waals surface area contributed by atoms with E-state index in [1.807, 2.05) is 0 Å². The molecule has 0 fully saturated rings. The lowest BCUT2D eigenvalue weighted by molar-refractivity contribution is 0.422. The van der Waals surface area contributed by atoms with Crippen molar-refractivity contribution >= 4 is 31.8 Å². The van der Waals surface area contributed by atoms with E-state index in [0.717, 1.165) is 4.31 Å². The summed E-state index contributed by atoms with van der Waals surface area (Å²) in [4.78, 5) is 0.186. The molecule has 0 radical (unpaired) electrons. The van der Waals surface area contributed by atoms with Crippen LogP contribution in [0, 0.1) is 13.8 Å². The lowest BCUT2D eigenvalue weighted by Gasteiger charge is -2.17. The van der Waals surface area contributed by atoms with E-state index in [1.165, 1.54) is 13.1 Å². The topological polar surface area (TPSA) is 63.4 Å². The first-order chi connectivity index (χ1) is 8.85. The highest BCUT2D eigenvalue weighted by atomic mass is 79.9. The van der Waals surface area contributed by atoms with Gasteiger partial charge < -0.3 is 4.52 Å². The fourth-order valence-electron chi connectivity index (χ4n) is 1.61. The van der Waals surface area contributed by atoms with Crippen LogP contribution in [0.2, 0.25) is 0 Å². The van der Waals surface area contributed by atoms with Gasteiger partial charge in [-0.1, -0.05) is 17.3 Å². The van der Waals surface area contributed by atoms with Crippen LogP contribution < -0.4 is 4.31 Å². The lowest BCUT2D eigenvalue weighted by Crippen LogP contribution is -2.27. The van der Waals surface area contributed by atoms with Gasteiger partial charge in [0.25, 0.3) is 10.0 Å². The number of hydrogen-bond acceptors (Lipinski definition) is 4. The Morgan fingerprint density at radius 3 is 2.42 bits per heavy atom. The van der Waals surface area contributed by atoms with Crippen LogP contribution in [-0.2, 0) is 10.0 Å². The first-order valence-corrected chi connectivity index (χ1v) is 7.75. The molecule has 0 amide bonds. The normalized spacial score (nSPS) is 11.6. The van der Waals surface area contributed by atoms with Crippen molar-refractivity contribution in [3.8, 4) is 0 Å². The van der Waals surface area contributed by atoms with E-state index < -0.39 is 10.0 Å². The molecule has 0 aliphatic heterocycles. The van der Waals surface area contributed by atoms with Crippen LogP contribution in [0.4, 0.5) is 5.88 Å². The summed E-state index contributed by atoms with van der Waals surface area (Å²) in [6.45, 7) is 3.54. The van der Waals surface area contributed by atoms with Crippen LogP contribution in [0.3, 0.4) is 0 Å². The van der Waals surface area contributed by atoms with Gasteiger partial charge in [-0.05, 0) is 41.9 Å². The standard InChI is InChI=1S/C12H13BrN2O3S/c1-8-9(2)14-18-12(8)15(3)19(16,17)11-7-5-4-6-10(11)13/h4-7H,1-3H3. The fraction of sp³-hybridized carbons (Fsp3) is 0.250. The molecule has 7 heteroatoms. The van der Waals surface area contributed by atoms with E-state index in [-0.39, 0.29) is 10.8 Å². The van der Waals surface area contributed by atoms with E-state index in [2.05, 4.69) is 21.1 Å². The molecule has 2 aromatic rings. The molecular weight excluding hydrogens is 332 g/mol. The van der Waals surface area contributed by atoms with Crippen LogP contribution in [0.5, 0.6) is 0 Å². The Morgan fingerprint density at radius 1 is 1.26 bits per heavy atom. The molecule has 2 rings (SSSR count). The third-order valence-electron chi connectivity index (χ3n) is 2.89. The summed E-state index contributed by atoms with van der Waals surface area (Å²) >= 11 is 3.24. The minimum atomic E-state index is -3.68. The van der Waals surface area contributed by atoms with E-state index in [9.17, 15) is 8.42 Å². The Labute approximate surface area is 120 Å². The van der Waals surface area contributed by atoms with Gasteiger partial charge in [0.2, 0.25) is 5.88 Å². The second-order valence-electron chi connectivity index (χ2n) is 4.10. The first kappa shape index (κ1) is 14.1. The van der Waals surface area contributed by atoms with Gasteiger partial charge in [0.05, 0.1) is 5.69 Å². The molecule has 19 heavy (non-hydrogen) atoms. The molecule has 1 heterocycles. The molecule has 1 aromatic carbocycles. The molecule has 0 spiro atoms. The third kappa shape index (κ3) is 2.40. The quantitative estimate of drug-likeness (QED) is 0.858. The summed E-state index contributed by atoms with van der Waals surface area (Å²) in [5.41, 5.74) is 1.38. The first-order valence-electron chi connectivity index (χ1n) is 5.52. The van der Waals surface area contributed by atoms with Crippen molar-refractivity contribution in [2.24, 2.45) is 0 Å². The van der Waals surface area contributed by atoms with Crippen LogP contribution in [0.15, 0.2) is 38.2 Å². The molecule has 5 nitrogen and oxygen atoms in total. The average molecular weight is 345 g/mol. The summed E-state index contributed by atoms with van der Waals surface area (Å²) in [7, 11) is -2.23. The van der Waals surface area contributed by atoms with Crippen LogP contribution >= 0.6 is 15.9 Å². The number of hydrogen-bond donors (Lipinski definition) is 0. The van der Waals surface area contributed by atoms with Crippen molar-refractivity contribution in [1.82, 2.24) is 5.16 Å². The lowest BCUT2D eigenvalue weighted by atomic mass is 10.3. The molecule has 1 aromatic heterocycles. The molecule has 0 aliphatic carbocycles. The highest BCUT2D eigenvalue weighted by Gasteiger charge is 2.27. The summed E-state index contributed by atoms with van der Waals surface area (Å²) in [6.07, 6.45) is 0. The van der Waals surface area contributed by atoms with Crippen molar-refractivity contribution in [3.05, 3.63) is 40.0 Å². The summed E-state index contributed by atoms with van der Waals surface area (Å²) in [6, 6.07) is 6.64. The highest BCUT2D eigenvalue weighted by Crippen LogP contribution is 2.30. The Balaban J connectivity index is 2.52. The third-order valence-corrected chi connectivity index (χ3v) is 5.65. The Bertz CT molecular complexity index is 710. The van der Waals surface area contributed by atoms with E-state index >= 15 is 0 Å². The molecule has 0 unspecified atom stereocenters. The zero-order chi connectivity index (χ0) is 14.2. The maximum absolute atomic E-state index is 12.5. The molecular formula is C12H13BrN2O3S. The number of sulfonamides is 1. The number of rotatable bonds is 3. The minimum Gasteiger partial charge on any atom is -0.337 e. The van der Waals surface area contributed by atoms with E-state index in [4.69, 9.17) is 4.52 Å². The molecule has 0 aliphatic rings. The smallest absolute Gasteiger partial charge is 0.267 e. The summed E-state index contributed by atoms with van der Waals surface area (Å²) in [5, 5.41) is 3.77. The monoisotopic (exact) mass is 344 g/mol. The maximum Gasteiger partial charge on any atom is 0.267 e. The number of benzene rings is 1. The largest absolute Gasteiger partial charge is 0.337 e. The molecule has 102 valence electrons. The van der Waals surface area contributed by atoms with Crippen LogP contribution in [0.25, 0.3) is 0 Å². The van der Waals surface area contributed by atoms with Crippen molar-refractivity contribution in [2.75, 3.05) is 11.4 Å². The Hall–Kier alpha value is -1.34. The highest BCUT2D eigenvalue weighted by molar-refractivity contribution is 9.10. The average Bonchev–Trinajstić information content (AvgIpc) is 2.69. The van der Waals surface area contributed by atoms with Gasteiger partial charge in [0.15, 0.2) is 0 Å². The van der Waals surface area contributed by atoms with E-state index in [0.29, 0.717) is 15.7 Å². The second-order valence-corrected chi connectivity index (χ2v) is 6.89. The van der Waals surface area contributed by atoms with E-state index in [1.54, 1.807) is 32.0 Å². The van der Waals surface area contributed by atoms with Crippen molar-refractivity contribution in [1.29, 1.82) is 0 Å². The molecule has 0 atom stereocenters. The number of nitrogens with zero attached hydrogens (tertiary/aromatic N) is 2. The molecule has 0 saturated carbocycles. The van der Waals surface area contributed by atoms with Crippen molar-refractivity contribution in [3.63, 3.8) is 0 Å². The number of aromatic nitrogens is 1. The maximum atomic E-state index is 12.5. The Kier molecular flexibility index (Phi) is 3.69. The predicted molar refractivity (Wildman–Crippen MR) is 75.7 cm³/mol. The van der Waals surface area contributed by atoms with Gasteiger partial charge in [0.1, 0.15) is 4.90 Å². The van der Waals surface area contributed by atoms with Gasteiger partial charge in [-0.2, -0.15) is 0 Å².